The Morgan fingerprint density at radius 3 is 2.36 bits per heavy atom. The summed E-state index contributed by atoms with van der Waals surface area (Å²) in [6.07, 6.45) is 0. The summed E-state index contributed by atoms with van der Waals surface area (Å²) < 4.78 is 17.1. The van der Waals surface area contributed by atoms with E-state index in [1.54, 1.807) is 13.0 Å². The number of esters is 2. The molecule has 0 atom stereocenters. The molecule has 4 rings (SSSR count). The number of benzene rings is 3. The number of carbonyl (C=O) groups is 2. The first-order chi connectivity index (χ1) is 15.9. The van der Waals surface area contributed by atoms with Gasteiger partial charge < -0.3 is 13.9 Å². The van der Waals surface area contributed by atoms with E-state index in [0.717, 1.165) is 0 Å². The summed E-state index contributed by atoms with van der Waals surface area (Å²) in [7, 11) is 0. The van der Waals surface area contributed by atoms with Crippen LogP contribution in [0.25, 0.3) is 22.3 Å². The second-order valence-electron chi connectivity index (χ2n) is 6.86. The van der Waals surface area contributed by atoms with Crippen molar-refractivity contribution in [3.05, 3.63) is 92.4 Å². The van der Waals surface area contributed by atoms with Crippen LogP contribution in [0.5, 0.6) is 5.75 Å². The van der Waals surface area contributed by atoms with Crippen LogP contribution in [0.1, 0.15) is 27.6 Å². The Morgan fingerprint density at radius 2 is 1.73 bits per heavy atom. The molecule has 0 amide bonds. The molecule has 0 unspecified atom stereocenters. The molecule has 0 bridgehead atoms. The molecule has 8 nitrogen and oxygen atoms in total. The number of rotatable bonds is 6. The minimum absolute atomic E-state index is 0.135. The number of hydrogen-bond donors (Lipinski definition) is 0. The maximum absolute atomic E-state index is 12.8. The van der Waals surface area contributed by atoms with Crippen molar-refractivity contribution >= 4 is 44.5 Å². The van der Waals surface area contributed by atoms with Crippen molar-refractivity contribution < 1.29 is 28.4 Å². The van der Waals surface area contributed by atoms with Crippen LogP contribution in [-0.2, 0) is 4.74 Å². The van der Waals surface area contributed by atoms with E-state index < -0.39 is 16.9 Å². The molecule has 0 N–H and O–H groups in total. The van der Waals surface area contributed by atoms with Gasteiger partial charge in [-0.2, -0.15) is 0 Å². The van der Waals surface area contributed by atoms with Gasteiger partial charge in [0.1, 0.15) is 22.7 Å². The molecular formula is C24H16BrNO7. The molecule has 0 saturated carbocycles. The Bertz CT molecular complexity index is 1360. The fourth-order valence-corrected chi connectivity index (χ4v) is 3.66. The second kappa shape index (κ2) is 9.25. The molecule has 9 heteroatoms. The third-order valence-electron chi connectivity index (χ3n) is 4.77. The van der Waals surface area contributed by atoms with Crippen LogP contribution in [-0.4, -0.2) is 23.5 Å². The topological polar surface area (TPSA) is 109 Å². The van der Waals surface area contributed by atoms with Crippen molar-refractivity contribution in [1.82, 2.24) is 0 Å². The number of carbonyl (C=O) groups excluding carboxylic acids is 2. The molecule has 0 radical (unpaired) electrons. The van der Waals surface area contributed by atoms with Gasteiger partial charge in [-0.25, -0.2) is 9.59 Å². The van der Waals surface area contributed by atoms with E-state index in [-0.39, 0.29) is 29.2 Å². The van der Waals surface area contributed by atoms with Crippen LogP contribution in [0.15, 0.2) is 75.6 Å². The highest BCUT2D eigenvalue weighted by Gasteiger charge is 2.25. The number of nitrogens with zero attached hydrogens (tertiary/aromatic N) is 1. The molecular weight excluding hydrogens is 494 g/mol. The van der Waals surface area contributed by atoms with E-state index in [0.29, 0.717) is 26.8 Å². The van der Waals surface area contributed by atoms with Crippen molar-refractivity contribution in [1.29, 1.82) is 0 Å². The third-order valence-corrected chi connectivity index (χ3v) is 5.39. The first kappa shape index (κ1) is 22.2. The fourth-order valence-electron chi connectivity index (χ4n) is 3.25. The Kier molecular flexibility index (Phi) is 6.23. The normalized spacial score (nSPS) is 10.7. The van der Waals surface area contributed by atoms with Crippen molar-refractivity contribution in [2.45, 2.75) is 6.92 Å². The van der Waals surface area contributed by atoms with Crippen molar-refractivity contribution in [2.24, 2.45) is 0 Å². The predicted octanol–water partition coefficient (Wildman–Crippen LogP) is 6.17. The van der Waals surface area contributed by atoms with Gasteiger partial charge in [0.25, 0.3) is 5.69 Å². The summed E-state index contributed by atoms with van der Waals surface area (Å²) >= 11 is 3.36. The molecule has 0 saturated heterocycles. The average molecular weight is 510 g/mol. The molecule has 33 heavy (non-hydrogen) atoms. The lowest BCUT2D eigenvalue weighted by atomic mass is 10.1. The lowest BCUT2D eigenvalue weighted by Crippen LogP contribution is -2.09. The summed E-state index contributed by atoms with van der Waals surface area (Å²) in [4.78, 5) is 35.6. The minimum Gasteiger partial charge on any atom is -0.462 e. The lowest BCUT2D eigenvalue weighted by Gasteiger charge is -2.07. The maximum Gasteiger partial charge on any atom is 0.343 e. The molecule has 0 aliphatic heterocycles. The number of non-ortho nitro benzene ring substituents is 1. The SMILES string of the molecule is CCOC(=O)c1c(-c2ccccc2)oc2cc(Br)c(OC(=O)c3ccc([N+](=O)[O-])cc3)cc12. The molecule has 0 fully saturated rings. The zero-order valence-corrected chi connectivity index (χ0v) is 18.8. The van der Waals surface area contributed by atoms with Crippen molar-refractivity contribution in [2.75, 3.05) is 6.61 Å². The van der Waals surface area contributed by atoms with Crippen LogP contribution in [0.4, 0.5) is 5.69 Å². The minimum atomic E-state index is -0.714. The Morgan fingerprint density at radius 1 is 1.03 bits per heavy atom. The summed E-state index contributed by atoms with van der Waals surface area (Å²) in [6, 6.07) is 17.3. The largest absolute Gasteiger partial charge is 0.462 e. The smallest absolute Gasteiger partial charge is 0.343 e. The van der Waals surface area contributed by atoms with Gasteiger partial charge in [0.2, 0.25) is 0 Å². The number of furan rings is 1. The molecule has 1 heterocycles. The number of hydrogen-bond acceptors (Lipinski definition) is 7. The monoisotopic (exact) mass is 509 g/mol. The van der Waals surface area contributed by atoms with Gasteiger partial charge in [0.15, 0.2) is 0 Å². The fraction of sp³-hybridized carbons (Fsp3) is 0.0833. The highest BCUT2D eigenvalue weighted by atomic mass is 79.9. The van der Waals surface area contributed by atoms with E-state index in [4.69, 9.17) is 13.9 Å². The third kappa shape index (κ3) is 4.49. The summed E-state index contributed by atoms with van der Waals surface area (Å²) in [5.41, 5.74) is 1.31. The molecule has 1 aromatic heterocycles. The predicted molar refractivity (Wildman–Crippen MR) is 123 cm³/mol. The van der Waals surface area contributed by atoms with E-state index in [2.05, 4.69) is 15.9 Å². The average Bonchev–Trinajstić information content (AvgIpc) is 3.18. The Balaban J connectivity index is 1.76. The van der Waals surface area contributed by atoms with Gasteiger partial charge in [-0.1, -0.05) is 30.3 Å². The second-order valence-corrected chi connectivity index (χ2v) is 7.72. The van der Waals surface area contributed by atoms with Gasteiger partial charge in [0, 0.05) is 23.1 Å². The molecule has 4 aromatic rings. The van der Waals surface area contributed by atoms with E-state index in [9.17, 15) is 19.7 Å². The van der Waals surface area contributed by atoms with Gasteiger partial charge in [-0.3, -0.25) is 10.1 Å². The Hall–Kier alpha value is -3.98. The van der Waals surface area contributed by atoms with Crippen LogP contribution < -0.4 is 4.74 Å². The molecule has 0 spiro atoms. The zero-order valence-electron chi connectivity index (χ0n) is 17.2. The highest BCUT2D eigenvalue weighted by Crippen LogP contribution is 2.39. The molecule has 166 valence electrons. The van der Waals surface area contributed by atoms with Gasteiger partial charge in [0.05, 0.1) is 21.6 Å². The Labute approximate surface area is 196 Å². The highest BCUT2D eigenvalue weighted by molar-refractivity contribution is 9.10. The van der Waals surface area contributed by atoms with Gasteiger partial charge >= 0.3 is 11.9 Å². The van der Waals surface area contributed by atoms with Crippen LogP contribution in [0, 0.1) is 10.1 Å². The number of nitro groups is 1. The van der Waals surface area contributed by atoms with E-state index in [1.807, 2.05) is 30.3 Å². The van der Waals surface area contributed by atoms with Crippen LogP contribution in [0.2, 0.25) is 0 Å². The zero-order chi connectivity index (χ0) is 23.5. The molecule has 0 aliphatic rings. The number of halogens is 1. The summed E-state index contributed by atoms with van der Waals surface area (Å²) in [5, 5.41) is 11.2. The maximum atomic E-state index is 12.8. The van der Waals surface area contributed by atoms with Gasteiger partial charge in [-0.05, 0) is 47.1 Å². The van der Waals surface area contributed by atoms with Crippen molar-refractivity contribution in [3.63, 3.8) is 0 Å². The standard InChI is InChI=1S/C24H16BrNO7/c1-2-31-24(28)21-17-12-20(33-23(27)15-8-10-16(11-9-15)26(29)30)18(25)13-19(17)32-22(21)14-6-4-3-5-7-14/h3-13H,2H2,1H3. The molecule has 0 aliphatic carbocycles. The van der Waals surface area contributed by atoms with Crippen LogP contribution in [0.3, 0.4) is 0 Å². The molecule has 3 aromatic carbocycles. The number of ether oxygens (including phenoxy) is 2. The number of nitro benzene ring substituents is 1. The summed E-state index contributed by atoms with van der Waals surface area (Å²) in [5.74, 6) is -0.786. The first-order valence-corrected chi connectivity index (χ1v) is 10.6. The van der Waals surface area contributed by atoms with Gasteiger partial charge in [-0.15, -0.1) is 0 Å². The van der Waals surface area contributed by atoms with Crippen molar-refractivity contribution in [3.8, 4) is 17.1 Å². The summed E-state index contributed by atoms with van der Waals surface area (Å²) in [6.45, 7) is 1.88. The van der Waals surface area contributed by atoms with E-state index >= 15 is 0 Å². The van der Waals surface area contributed by atoms with E-state index in [1.165, 1.54) is 30.3 Å². The lowest BCUT2D eigenvalue weighted by molar-refractivity contribution is -0.384. The number of fused-ring (bicyclic) bond motifs is 1. The quantitative estimate of drug-likeness (QED) is 0.132. The van der Waals surface area contributed by atoms with Crippen LogP contribution >= 0.6 is 15.9 Å². The first-order valence-electron chi connectivity index (χ1n) is 9.84.